The standard InChI is InChI=1S/C19H30N2O2/c1-4-23-18-8-6-16(14-17(18)15(2)3)7-9-19(22)21-12-5-10-20-11-13-21/h6,8,14-15,20H,4-5,7,9-13H2,1-3H3. The predicted molar refractivity (Wildman–Crippen MR) is 94.1 cm³/mol. The molecule has 23 heavy (non-hydrogen) atoms. The third kappa shape index (κ3) is 5.24. The number of nitrogens with one attached hydrogen (secondary N) is 1. The zero-order valence-corrected chi connectivity index (χ0v) is 14.7. The van der Waals surface area contributed by atoms with E-state index in [0.717, 1.165) is 44.8 Å². The number of carbonyl (C=O) groups is 1. The number of aryl methyl sites for hydroxylation is 1. The molecule has 1 saturated heterocycles. The average molecular weight is 318 g/mol. The minimum Gasteiger partial charge on any atom is -0.494 e. The Morgan fingerprint density at radius 2 is 2.13 bits per heavy atom. The molecule has 1 aliphatic heterocycles. The molecule has 0 atom stereocenters. The lowest BCUT2D eigenvalue weighted by atomic mass is 9.97. The highest BCUT2D eigenvalue weighted by molar-refractivity contribution is 5.76. The van der Waals surface area contributed by atoms with Gasteiger partial charge in [0.1, 0.15) is 5.75 Å². The third-order valence-corrected chi connectivity index (χ3v) is 4.32. The van der Waals surface area contributed by atoms with Gasteiger partial charge >= 0.3 is 0 Å². The summed E-state index contributed by atoms with van der Waals surface area (Å²) in [7, 11) is 0. The lowest BCUT2D eigenvalue weighted by Crippen LogP contribution is -2.34. The van der Waals surface area contributed by atoms with Crippen molar-refractivity contribution in [3.63, 3.8) is 0 Å². The largest absolute Gasteiger partial charge is 0.494 e. The molecular weight excluding hydrogens is 288 g/mol. The molecule has 0 aromatic heterocycles. The Labute approximate surface area is 140 Å². The molecule has 1 heterocycles. The van der Waals surface area contributed by atoms with E-state index in [0.29, 0.717) is 18.9 Å². The maximum Gasteiger partial charge on any atom is 0.222 e. The average Bonchev–Trinajstić information content (AvgIpc) is 2.83. The van der Waals surface area contributed by atoms with Crippen molar-refractivity contribution in [1.29, 1.82) is 0 Å². The zero-order valence-electron chi connectivity index (χ0n) is 14.7. The van der Waals surface area contributed by atoms with Gasteiger partial charge in [-0.1, -0.05) is 26.0 Å². The van der Waals surface area contributed by atoms with Crippen molar-refractivity contribution < 1.29 is 9.53 Å². The topological polar surface area (TPSA) is 41.6 Å². The summed E-state index contributed by atoms with van der Waals surface area (Å²) in [4.78, 5) is 14.4. The van der Waals surface area contributed by atoms with Crippen LogP contribution in [0.3, 0.4) is 0 Å². The van der Waals surface area contributed by atoms with Gasteiger partial charge in [0, 0.05) is 26.1 Å². The van der Waals surface area contributed by atoms with Gasteiger partial charge in [0.15, 0.2) is 0 Å². The maximum absolute atomic E-state index is 12.4. The Morgan fingerprint density at radius 1 is 1.30 bits per heavy atom. The molecule has 1 aromatic rings. The van der Waals surface area contributed by atoms with Gasteiger partial charge in [-0.2, -0.15) is 0 Å². The van der Waals surface area contributed by atoms with E-state index in [1.165, 1.54) is 11.1 Å². The highest BCUT2D eigenvalue weighted by atomic mass is 16.5. The summed E-state index contributed by atoms with van der Waals surface area (Å²) in [6.45, 7) is 10.7. The summed E-state index contributed by atoms with van der Waals surface area (Å²) in [5, 5.41) is 3.34. The van der Waals surface area contributed by atoms with Gasteiger partial charge in [-0.3, -0.25) is 4.79 Å². The smallest absolute Gasteiger partial charge is 0.222 e. The number of ether oxygens (including phenoxy) is 1. The normalized spacial score (nSPS) is 15.6. The van der Waals surface area contributed by atoms with Crippen LogP contribution in [0.25, 0.3) is 0 Å². The fourth-order valence-electron chi connectivity index (χ4n) is 3.00. The number of hydrogen-bond acceptors (Lipinski definition) is 3. The molecule has 1 aliphatic rings. The van der Waals surface area contributed by atoms with Crippen LogP contribution in [0.5, 0.6) is 5.75 Å². The fourth-order valence-corrected chi connectivity index (χ4v) is 3.00. The van der Waals surface area contributed by atoms with Crippen LogP contribution in [0.1, 0.15) is 50.7 Å². The molecule has 0 radical (unpaired) electrons. The summed E-state index contributed by atoms with van der Waals surface area (Å²) in [6, 6.07) is 6.34. The molecule has 4 nitrogen and oxygen atoms in total. The highest BCUT2D eigenvalue weighted by Crippen LogP contribution is 2.28. The first kappa shape index (κ1) is 17.8. The first-order valence-corrected chi connectivity index (χ1v) is 8.86. The molecule has 1 amide bonds. The van der Waals surface area contributed by atoms with Crippen LogP contribution in [-0.2, 0) is 11.2 Å². The maximum atomic E-state index is 12.4. The second-order valence-electron chi connectivity index (χ2n) is 6.44. The Hall–Kier alpha value is -1.55. The summed E-state index contributed by atoms with van der Waals surface area (Å²) < 4.78 is 5.71. The first-order valence-electron chi connectivity index (χ1n) is 8.86. The molecule has 0 spiro atoms. The van der Waals surface area contributed by atoms with Gasteiger partial charge in [0.25, 0.3) is 0 Å². The Balaban J connectivity index is 1.96. The molecule has 0 unspecified atom stereocenters. The van der Waals surface area contributed by atoms with Crippen molar-refractivity contribution >= 4 is 5.91 Å². The fraction of sp³-hybridized carbons (Fsp3) is 0.632. The molecule has 2 rings (SSSR count). The van der Waals surface area contributed by atoms with E-state index in [9.17, 15) is 4.79 Å². The van der Waals surface area contributed by atoms with Gasteiger partial charge < -0.3 is 15.0 Å². The van der Waals surface area contributed by atoms with Gasteiger partial charge in [-0.25, -0.2) is 0 Å². The van der Waals surface area contributed by atoms with E-state index in [1.807, 2.05) is 11.8 Å². The van der Waals surface area contributed by atoms with Gasteiger partial charge in [-0.05, 0) is 49.4 Å². The number of hydrogen-bond donors (Lipinski definition) is 1. The number of amides is 1. The van der Waals surface area contributed by atoms with Crippen molar-refractivity contribution in [2.24, 2.45) is 0 Å². The Bertz CT molecular complexity index is 506. The van der Waals surface area contributed by atoms with Crippen LogP contribution in [0.2, 0.25) is 0 Å². The van der Waals surface area contributed by atoms with Crippen LogP contribution in [0.4, 0.5) is 0 Å². The van der Waals surface area contributed by atoms with Gasteiger partial charge in [0.2, 0.25) is 5.91 Å². The van der Waals surface area contributed by atoms with E-state index in [2.05, 4.69) is 37.4 Å². The molecule has 0 saturated carbocycles. The second-order valence-corrected chi connectivity index (χ2v) is 6.44. The molecule has 1 aromatic carbocycles. The minimum absolute atomic E-state index is 0.272. The third-order valence-electron chi connectivity index (χ3n) is 4.32. The molecule has 1 fully saturated rings. The van der Waals surface area contributed by atoms with Crippen LogP contribution < -0.4 is 10.1 Å². The van der Waals surface area contributed by atoms with Crippen molar-refractivity contribution in [1.82, 2.24) is 10.2 Å². The predicted octanol–water partition coefficient (Wildman–Crippen LogP) is 2.96. The van der Waals surface area contributed by atoms with Gasteiger partial charge in [0.05, 0.1) is 6.61 Å². The second kappa shape index (κ2) is 8.92. The van der Waals surface area contributed by atoms with E-state index in [1.54, 1.807) is 0 Å². The van der Waals surface area contributed by atoms with E-state index >= 15 is 0 Å². The lowest BCUT2D eigenvalue weighted by molar-refractivity contribution is -0.130. The number of nitrogens with zero attached hydrogens (tertiary/aromatic N) is 1. The number of carbonyl (C=O) groups excluding carboxylic acids is 1. The van der Waals surface area contributed by atoms with Crippen LogP contribution in [-0.4, -0.2) is 43.6 Å². The SMILES string of the molecule is CCOc1ccc(CCC(=O)N2CCCNCC2)cc1C(C)C. The first-order chi connectivity index (χ1) is 11.1. The Kier molecular flexibility index (Phi) is 6.90. The van der Waals surface area contributed by atoms with Crippen molar-refractivity contribution in [2.45, 2.75) is 46.0 Å². The van der Waals surface area contributed by atoms with Crippen LogP contribution in [0, 0.1) is 0 Å². The zero-order chi connectivity index (χ0) is 16.7. The molecule has 0 bridgehead atoms. The quantitative estimate of drug-likeness (QED) is 0.877. The highest BCUT2D eigenvalue weighted by Gasteiger charge is 2.15. The number of benzene rings is 1. The summed E-state index contributed by atoms with van der Waals surface area (Å²) in [5.74, 6) is 1.66. The van der Waals surface area contributed by atoms with E-state index < -0.39 is 0 Å². The van der Waals surface area contributed by atoms with E-state index in [4.69, 9.17) is 4.74 Å². The lowest BCUT2D eigenvalue weighted by Gasteiger charge is -2.20. The number of rotatable bonds is 6. The van der Waals surface area contributed by atoms with E-state index in [-0.39, 0.29) is 5.91 Å². The van der Waals surface area contributed by atoms with Crippen LogP contribution >= 0.6 is 0 Å². The molecule has 0 aliphatic carbocycles. The summed E-state index contributed by atoms with van der Waals surface area (Å²) in [6.07, 6.45) is 2.44. The van der Waals surface area contributed by atoms with Crippen molar-refractivity contribution in [3.8, 4) is 5.75 Å². The van der Waals surface area contributed by atoms with Crippen molar-refractivity contribution in [3.05, 3.63) is 29.3 Å². The monoisotopic (exact) mass is 318 g/mol. The molecular formula is C19H30N2O2. The molecule has 4 heteroatoms. The Morgan fingerprint density at radius 3 is 2.87 bits per heavy atom. The van der Waals surface area contributed by atoms with Gasteiger partial charge in [-0.15, -0.1) is 0 Å². The van der Waals surface area contributed by atoms with Crippen molar-refractivity contribution in [2.75, 3.05) is 32.8 Å². The minimum atomic E-state index is 0.272. The molecule has 128 valence electrons. The summed E-state index contributed by atoms with van der Waals surface area (Å²) >= 11 is 0. The molecule has 1 N–H and O–H groups in total. The summed E-state index contributed by atoms with van der Waals surface area (Å²) in [5.41, 5.74) is 2.45. The van der Waals surface area contributed by atoms with Crippen LogP contribution in [0.15, 0.2) is 18.2 Å².